The first-order chi connectivity index (χ1) is 9.47. The molecule has 1 aliphatic rings. The predicted molar refractivity (Wildman–Crippen MR) is 66.0 cm³/mol. The van der Waals surface area contributed by atoms with Gasteiger partial charge in [-0.1, -0.05) is 6.07 Å². The van der Waals surface area contributed by atoms with E-state index in [1.54, 1.807) is 0 Å². The van der Waals surface area contributed by atoms with Crippen molar-refractivity contribution in [1.29, 1.82) is 0 Å². The van der Waals surface area contributed by atoms with Crippen molar-refractivity contribution in [2.24, 2.45) is 0 Å². The highest BCUT2D eigenvalue weighted by molar-refractivity contribution is 5.15. The van der Waals surface area contributed by atoms with E-state index in [0.717, 1.165) is 18.9 Å². The summed E-state index contributed by atoms with van der Waals surface area (Å²) in [6, 6.07) is 3.76. The Balaban J connectivity index is 1.93. The molecule has 0 radical (unpaired) electrons. The minimum atomic E-state index is -4.50. The van der Waals surface area contributed by atoms with Crippen molar-refractivity contribution in [1.82, 2.24) is 10.3 Å². The highest BCUT2D eigenvalue weighted by Crippen LogP contribution is 2.28. The summed E-state index contributed by atoms with van der Waals surface area (Å²) in [6.07, 6.45) is -3.88. The van der Waals surface area contributed by atoms with Gasteiger partial charge in [0.15, 0.2) is 0 Å². The molecule has 0 unspecified atom stereocenters. The normalized spacial score (nSPS) is 19.0. The second-order valence-electron chi connectivity index (χ2n) is 4.76. The number of aliphatic hydroxyl groups is 1. The van der Waals surface area contributed by atoms with Gasteiger partial charge in [-0.25, -0.2) is 4.98 Å². The summed E-state index contributed by atoms with van der Waals surface area (Å²) < 4.78 is 42.8. The van der Waals surface area contributed by atoms with E-state index in [4.69, 9.17) is 4.74 Å². The van der Waals surface area contributed by atoms with Crippen LogP contribution >= 0.6 is 0 Å². The van der Waals surface area contributed by atoms with Crippen LogP contribution in [-0.2, 0) is 10.9 Å². The first-order valence-electron chi connectivity index (χ1n) is 6.50. The Kier molecular flexibility index (Phi) is 4.95. The second kappa shape index (κ2) is 6.51. The van der Waals surface area contributed by atoms with Crippen molar-refractivity contribution in [2.75, 3.05) is 19.8 Å². The summed E-state index contributed by atoms with van der Waals surface area (Å²) in [5.41, 5.74) is -0.959. The number of alkyl halides is 3. The smallest absolute Gasteiger partial charge is 0.385 e. The summed E-state index contributed by atoms with van der Waals surface area (Å²) in [5, 5.41) is 13.0. The Morgan fingerprint density at radius 2 is 2.05 bits per heavy atom. The highest BCUT2D eigenvalue weighted by Gasteiger charge is 2.32. The zero-order valence-corrected chi connectivity index (χ0v) is 10.9. The van der Waals surface area contributed by atoms with Crippen molar-refractivity contribution >= 4 is 0 Å². The number of hydrogen-bond acceptors (Lipinski definition) is 4. The molecule has 0 aliphatic carbocycles. The average Bonchev–Trinajstić information content (AvgIpc) is 2.45. The Morgan fingerprint density at radius 3 is 2.70 bits per heavy atom. The number of nitrogens with one attached hydrogen (secondary N) is 1. The molecule has 1 aliphatic heterocycles. The maximum absolute atomic E-state index is 12.5. The molecule has 7 heteroatoms. The summed E-state index contributed by atoms with van der Waals surface area (Å²) in [5.74, 6) is 0. The highest BCUT2D eigenvalue weighted by atomic mass is 19.4. The van der Waals surface area contributed by atoms with E-state index in [2.05, 4.69) is 10.3 Å². The molecule has 1 fully saturated rings. The molecule has 112 valence electrons. The van der Waals surface area contributed by atoms with Crippen LogP contribution in [0.15, 0.2) is 18.2 Å². The Morgan fingerprint density at radius 1 is 1.35 bits per heavy atom. The van der Waals surface area contributed by atoms with Gasteiger partial charge in [0, 0.05) is 25.8 Å². The van der Waals surface area contributed by atoms with E-state index >= 15 is 0 Å². The molecular weight excluding hydrogens is 273 g/mol. The van der Waals surface area contributed by atoms with Crippen molar-refractivity contribution in [3.05, 3.63) is 29.6 Å². The van der Waals surface area contributed by atoms with Crippen molar-refractivity contribution in [3.8, 4) is 0 Å². The Bertz CT molecular complexity index is 434. The van der Waals surface area contributed by atoms with Gasteiger partial charge < -0.3 is 15.2 Å². The molecule has 1 atom stereocenters. The number of pyridine rings is 1. The quantitative estimate of drug-likeness (QED) is 0.889. The molecule has 1 aromatic heterocycles. The lowest BCUT2D eigenvalue weighted by atomic mass is 10.1. The number of nitrogens with zero attached hydrogens (tertiary/aromatic N) is 1. The molecule has 0 saturated carbocycles. The lowest BCUT2D eigenvalue weighted by Gasteiger charge is -2.24. The molecule has 2 rings (SSSR count). The summed E-state index contributed by atoms with van der Waals surface area (Å²) >= 11 is 0. The van der Waals surface area contributed by atoms with Gasteiger partial charge >= 0.3 is 6.18 Å². The van der Waals surface area contributed by atoms with E-state index in [1.165, 1.54) is 12.1 Å². The fraction of sp³-hybridized carbons (Fsp3) is 0.615. The van der Waals surface area contributed by atoms with Crippen LogP contribution in [0.2, 0.25) is 0 Å². The largest absolute Gasteiger partial charge is 0.433 e. The minimum absolute atomic E-state index is 0.0272. The molecule has 2 N–H and O–H groups in total. The van der Waals surface area contributed by atoms with Gasteiger partial charge in [0.1, 0.15) is 11.8 Å². The lowest BCUT2D eigenvalue weighted by Crippen LogP contribution is -2.37. The minimum Gasteiger partial charge on any atom is -0.385 e. The van der Waals surface area contributed by atoms with Crippen LogP contribution in [0.1, 0.15) is 30.3 Å². The molecule has 2 heterocycles. The molecular formula is C13H17F3N2O2. The molecule has 0 aromatic carbocycles. The van der Waals surface area contributed by atoms with Crippen LogP contribution in [-0.4, -0.2) is 35.9 Å². The monoisotopic (exact) mass is 290 g/mol. The molecule has 20 heavy (non-hydrogen) atoms. The van der Waals surface area contributed by atoms with E-state index < -0.39 is 18.0 Å². The number of rotatable bonds is 4. The first kappa shape index (κ1) is 15.2. The van der Waals surface area contributed by atoms with Gasteiger partial charge in [0.25, 0.3) is 0 Å². The zero-order valence-electron chi connectivity index (χ0n) is 10.9. The van der Waals surface area contributed by atoms with E-state index in [9.17, 15) is 18.3 Å². The van der Waals surface area contributed by atoms with E-state index in [-0.39, 0.29) is 18.3 Å². The first-order valence-corrected chi connectivity index (χ1v) is 6.50. The molecule has 1 aromatic rings. The Labute approximate surface area is 115 Å². The number of aromatic nitrogens is 1. The van der Waals surface area contributed by atoms with Crippen molar-refractivity contribution in [2.45, 2.75) is 31.2 Å². The van der Waals surface area contributed by atoms with Crippen LogP contribution < -0.4 is 5.32 Å². The fourth-order valence-corrected chi connectivity index (χ4v) is 2.08. The van der Waals surface area contributed by atoms with E-state index in [0.29, 0.717) is 13.2 Å². The third-order valence-corrected chi connectivity index (χ3v) is 3.22. The maximum Gasteiger partial charge on any atom is 0.433 e. The zero-order chi connectivity index (χ0) is 14.6. The SMILES string of the molecule is O[C@@H](CNC1CCOCC1)c1cccc(C(F)(F)F)n1. The summed E-state index contributed by atoms with van der Waals surface area (Å²) in [4.78, 5) is 3.47. The van der Waals surface area contributed by atoms with Crippen LogP contribution in [0.4, 0.5) is 13.2 Å². The topological polar surface area (TPSA) is 54.4 Å². The number of halogens is 3. The van der Waals surface area contributed by atoms with Gasteiger partial charge in [-0.15, -0.1) is 0 Å². The maximum atomic E-state index is 12.5. The van der Waals surface area contributed by atoms with Gasteiger partial charge in [0.2, 0.25) is 0 Å². The molecule has 0 amide bonds. The van der Waals surface area contributed by atoms with Gasteiger partial charge in [-0.05, 0) is 25.0 Å². The summed E-state index contributed by atoms with van der Waals surface area (Å²) in [7, 11) is 0. The summed E-state index contributed by atoms with van der Waals surface area (Å²) in [6.45, 7) is 1.50. The standard InChI is InChI=1S/C13H17F3N2O2/c14-13(15,16)12-3-1-2-10(18-12)11(19)8-17-9-4-6-20-7-5-9/h1-3,9,11,17,19H,4-8H2/t11-/m0/s1. The molecule has 0 bridgehead atoms. The van der Waals surface area contributed by atoms with Gasteiger partial charge in [-0.2, -0.15) is 13.2 Å². The number of aliphatic hydroxyl groups excluding tert-OH is 1. The average molecular weight is 290 g/mol. The van der Waals surface area contributed by atoms with Crippen LogP contribution in [0.5, 0.6) is 0 Å². The molecule has 0 spiro atoms. The third-order valence-electron chi connectivity index (χ3n) is 3.22. The second-order valence-corrected chi connectivity index (χ2v) is 4.76. The van der Waals surface area contributed by atoms with Crippen LogP contribution in [0.3, 0.4) is 0 Å². The van der Waals surface area contributed by atoms with E-state index in [1.807, 2.05) is 0 Å². The van der Waals surface area contributed by atoms with Crippen molar-refractivity contribution in [3.63, 3.8) is 0 Å². The lowest BCUT2D eigenvalue weighted by molar-refractivity contribution is -0.141. The molecule has 1 saturated heterocycles. The number of hydrogen-bond donors (Lipinski definition) is 2. The van der Waals surface area contributed by atoms with Crippen LogP contribution in [0, 0.1) is 0 Å². The fourth-order valence-electron chi connectivity index (χ4n) is 2.08. The van der Waals surface area contributed by atoms with Crippen LogP contribution in [0.25, 0.3) is 0 Å². The third kappa shape index (κ3) is 4.16. The molecule has 4 nitrogen and oxygen atoms in total. The van der Waals surface area contributed by atoms with Gasteiger partial charge in [-0.3, -0.25) is 0 Å². The Hall–Kier alpha value is -1.18. The van der Waals surface area contributed by atoms with Gasteiger partial charge in [0.05, 0.1) is 5.69 Å². The number of ether oxygens (including phenoxy) is 1. The van der Waals surface area contributed by atoms with Crippen molar-refractivity contribution < 1.29 is 23.0 Å². The predicted octanol–water partition coefficient (Wildman–Crippen LogP) is 1.90.